The first-order chi connectivity index (χ1) is 8.85. The van der Waals surface area contributed by atoms with E-state index in [0.717, 1.165) is 0 Å². The molecule has 0 radical (unpaired) electrons. The zero-order chi connectivity index (χ0) is 14.1. The van der Waals surface area contributed by atoms with Crippen LogP contribution >= 0.6 is 0 Å². The van der Waals surface area contributed by atoms with E-state index in [2.05, 4.69) is 15.3 Å². The van der Waals surface area contributed by atoms with Gasteiger partial charge in [-0.2, -0.15) is 4.98 Å². The molecular formula is C11H18N4O3S. The first kappa shape index (κ1) is 13.9. The molecule has 1 aromatic rings. The molecule has 0 aliphatic carbocycles. The van der Waals surface area contributed by atoms with Crippen molar-refractivity contribution in [3.05, 3.63) is 6.33 Å². The normalized spacial score (nSPS) is 25.2. The highest BCUT2D eigenvalue weighted by molar-refractivity contribution is 7.91. The van der Waals surface area contributed by atoms with Crippen molar-refractivity contribution in [1.29, 1.82) is 0 Å². The van der Waals surface area contributed by atoms with Gasteiger partial charge in [0.25, 0.3) is 0 Å². The van der Waals surface area contributed by atoms with E-state index in [-0.39, 0.29) is 11.5 Å². The largest absolute Gasteiger partial charge is 0.476 e. The van der Waals surface area contributed by atoms with Crippen molar-refractivity contribution in [3.63, 3.8) is 0 Å². The zero-order valence-electron chi connectivity index (χ0n) is 11.0. The third-order valence-electron chi connectivity index (χ3n) is 3.05. The van der Waals surface area contributed by atoms with Crippen LogP contribution in [0.1, 0.15) is 20.3 Å². The number of hydrogen-bond acceptors (Lipinski definition) is 7. The topological polar surface area (TPSA) is 107 Å². The molecule has 2 rings (SSSR count). The molecule has 1 fully saturated rings. The molecule has 106 valence electrons. The van der Waals surface area contributed by atoms with Crippen LogP contribution < -0.4 is 15.8 Å². The Kier molecular flexibility index (Phi) is 3.53. The van der Waals surface area contributed by atoms with Gasteiger partial charge in [-0.1, -0.05) is 0 Å². The van der Waals surface area contributed by atoms with Gasteiger partial charge < -0.3 is 15.8 Å². The fourth-order valence-corrected chi connectivity index (χ4v) is 4.22. The summed E-state index contributed by atoms with van der Waals surface area (Å²) < 4.78 is 28.4. The van der Waals surface area contributed by atoms with Crippen molar-refractivity contribution in [3.8, 4) is 5.88 Å². The van der Waals surface area contributed by atoms with Crippen LogP contribution in [0.5, 0.6) is 5.88 Å². The lowest BCUT2D eigenvalue weighted by molar-refractivity contribution is 0.328. The minimum Gasteiger partial charge on any atom is -0.476 e. The van der Waals surface area contributed by atoms with Gasteiger partial charge in [0, 0.05) is 0 Å². The van der Waals surface area contributed by atoms with Crippen molar-refractivity contribution in [2.45, 2.75) is 25.8 Å². The SMILES string of the molecule is CCOc1ncnc(NC2(C)CCS(=O)(=O)C2)c1N. The molecule has 8 heteroatoms. The number of nitrogens with two attached hydrogens (primary N) is 1. The van der Waals surface area contributed by atoms with E-state index < -0.39 is 15.4 Å². The van der Waals surface area contributed by atoms with E-state index in [1.807, 2.05) is 13.8 Å². The van der Waals surface area contributed by atoms with Crippen molar-refractivity contribution in [2.24, 2.45) is 0 Å². The number of ether oxygens (including phenoxy) is 1. The van der Waals surface area contributed by atoms with Gasteiger partial charge in [0.05, 0.1) is 23.7 Å². The van der Waals surface area contributed by atoms with E-state index in [9.17, 15) is 8.42 Å². The lowest BCUT2D eigenvalue weighted by Crippen LogP contribution is -2.36. The van der Waals surface area contributed by atoms with Gasteiger partial charge in [-0.15, -0.1) is 0 Å². The molecule has 0 bridgehead atoms. The number of nitrogen functional groups attached to an aromatic ring is 1. The molecule has 1 aromatic heterocycles. The Labute approximate surface area is 112 Å². The van der Waals surface area contributed by atoms with Gasteiger partial charge in [-0.25, -0.2) is 13.4 Å². The minimum atomic E-state index is -2.99. The number of aromatic nitrogens is 2. The molecule has 19 heavy (non-hydrogen) atoms. The minimum absolute atomic E-state index is 0.0768. The van der Waals surface area contributed by atoms with E-state index in [0.29, 0.717) is 30.4 Å². The third kappa shape index (κ3) is 3.06. The van der Waals surface area contributed by atoms with Crippen LogP contribution in [0.2, 0.25) is 0 Å². The van der Waals surface area contributed by atoms with Crippen LogP contribution in [0.25, 0.3) is 0 Å². The molecule has 3 N–H and O–H groups in total. The summed E-state index contributed by atoms with van der Waals surface area (Å²) in [7, 11) is -2.99. The van der Waals surface area contributed by atoms with Crippen LogP contribution in [-0.2, 0) is 9.84 Å². The lowest BCUT2D eigenvalue weighted by atomic mass is 10.0. The second kappa shape index (κ2) is 4.84. The molecule has 2 heterocycles. The van der Waals surface area contributed by atoms with E-state index in [1.54, 1.807) is 0 Å². The summed E-state index contributed by atoms with van der Waals surface area (Å²) in [6.07, 6.45) is 1.87. The maximum Gasteiger partial charge on any atom is 0.242 e. The number of nitrogens with zero attached hydrogens (tertiary/aromatic N) is 2. The second-order valence-corrected chi connectivity index (χ2v) is 7.09. The Morgan fingerprint density at radius 2 is 2.26 bits per heavy atom. The van der Waals surface area contributed by atoms with E-state index in [1.165, 1.54) is 6.33 Å². The fourth-order valence-electron chi connectivity index (χ4n) is 2.13. The summed E-state index contributed by atoms with van der Waals surface area (Å²) in [6.45, 7) is 4.13. The fraction of sp³-hybridized carbons (Fsp3) is 0.636. The summed E-state index contributed by atoms with van der Waals surface area (Å²) in [5.74, 6) is 0.982. The summed E-state index contributed by atoms with van der Waals surface area (Å²) in [4.78, 5) is 7.99. The van der Waals surface area contributed by atoms with Crippen molar-refractivity contribution >= 4 is 21.3 Å². The Balaban J connectivity index is 2.22. The summed E-state index contributed by atoms with van der Waals surface area (Å²) in [6, 6.07) is 0. The predicted octanol–water partition coefficient (Wildman–Crippen LogP) is 0.447. The molecule has 7 nitrogen and oxygen atoms in total. The number of nitrogens with one attached hydrogen (secondary N) is 1. The highest BCUT2D eigenvalue weighted by atomic mass is 32.2. The van der Waals surface area contributed by atoms with Gasteiger partial charge in [0.2, 0.25) is 5.88 Å². The van der Waals surface area contributed by atoms with Crippen molar-refractivity contribution < 1.29 is 13.2 Å². The lowest BCUT2D eigenvalue weighted by Gasteiger charge is -2.25. The quantitative estimate of drug-likeness (QED) is 0.827. The Morgan fingerprint density at radius 3 is 2.84 bits per heavy atom. The first-order valence-electron chi connectivity index (χ1n) is 6.07. The van der Waals surface area contributed by atoms with Gasteiger partial charge >= 0.3 is 0 Å². The first-order valence-corrected chi connectivity index (χ1v) is 7.89. The summed E-state index contributed by atoms with van der Waals surface area (Å²) in [5, 5.41) is 3.10. The number of rotatable bonds is 4. The highest BCUT2D eigenvalue weighted by Gasteiger charge is 2.39. The molecule has 1 aliphatic heterocycles. The summed E-state index contributed by atoms with van der Waals surface area (Å²) in [5.41, 5.74) is 5.66. The molecule has 1 atom stereocenters. The zero-order valence-corrected chi connectivity index (χ0v) is 11.8. The Morgan fingerprint density at radius 1 is 1.53 bits per heavy atom. The van der Waals surface area contributed by atoms with Crippen LogP contribution in [-0.4, -0.2) is 42.0 Å². The smallest absolute Gasteiger partial charge is 0.242 e. The van der Waals surface area contributed by atoms with Gasteiger partial charge in [-0.3, -0.25) is 0 Å². The maximum absolute atomic E-state index is 11.6. The predicted molar refractivity (Wildman–Crippen MR) is 72.9 cm³/mol. The van der Waals surface area contributed by atoms with Gasteiger partial charge in [-0.05, 0) is 20.3 Å². The maximum atomic E-state index is 11.6. The molecule has 0 spiro atoms. The van der Waals surface area contributed by atoms with Crippen LogP contribution in [0.3, 0.4) is 0 Å². The molecule has 0 amide bonds. The molecule has 0 saturated carbocycles. The number of sulfone groups is 1. The Hall–Kier alpha value is -1.57. The highest BCUT2D eigenvalue weighted by Crippen LogP contribution is 2.31. The van der Waals surface area contributed by atoms with Gasteiger partial charge in [0.15, 0.2) is 15.7 Å². The third-order valence-corrected chi connectivity index (χ3v) is 4.96. The van der Waals surface area contributed by atoms with E-state index in [4.69, 9.17) is 10.5 Å². The van der Waals surface area contributed by atoms with Crippen LogP contribution in [0.15, 0.2) is 6.33 Å². The van der Waals surface area contributed by atoms with Crippen molar-refractivity contribution in [2.75, 3.05) is 29.2 Å². The van der Waals surface area contributed by atoms with E-state index >= 15 is 0 Å². The molecule has 1 aliphatic rings. The summed E-state index contributed by atoms with van der Waals surface area (Å²) >= 11 is 0. The molecular weight excluding hydrogens is 268 g/mol. The monoisotopic (exact) mass is 286 g/mol. The molecule has 1 unspecified atom stereocenters. The second-order valence-electron chi connectivity index (χ2n) is 4.90. The van der Waals surface area contributed by atoms with Crippen LogP contribution in [0.4, 0.5) is 11.5 Å². The standard InChI is InChI=1S/C11H18N4O3S/c1-3-18-10-8(12)9(13-7-14-10)15-11(2)4-5-19(16,17)6-11/h7H,3-6,12H2,1-2H3,(H,13,14,15). The van der Waals surface area contributed by atoms with Gasteiger partial charge in [0.1, 0.15) is 12.0 Å². The van der Waals surface area contributed by atoms with Crippen molar-refractivity contribution in [1.82, 2.24) is 9.97 Å². The average Bonchev–Trinajstić information content (AvgIpc) is 2.59. The van der Waals surface area contributed by atoms with Crippen LogP contribution in [0, 0.1) is 0 Å². The number of hydrogen-bond donors (Lipinski definition) is 2. The Bertz CT molecular complexity index is 575. The molecule has 1 saturated heterocycles. The number of anilines is 2. The average molecular weight is 286 g/mol. The molecule has 0 aromatic carbocycles.